The zero-order valence-electron chi connectivity index (χ0n) is 39.7. The van der Waals surface area contributed by atoms with Crippen molar-refractivity contribution in [3.63, 3.8) is 0 Å². The van der Waals surface area contributed by atoms with Gasteiger partial charge in [-0.2, -0.15) is 0 Å². The van der Waals surface area contributed by atoms with Gasteiger partial charge in [0, 0.05) is 94.0 Å². The first-order valence-electron chi connectivity index (χ1n) is 24.3. The summed E-state index contributed by atoms with van der Waals surface area (Å²) in [7, 11) is 0. The first-order valence-corrected chi connectivity index (χ1v) is 24.3. The van der Waals surface area contributed by atoms with Crippen LogP contribution in [0.15, 0.2) is 61.1 Å². The molecule has 3 aliphatic heterocycles. The minimum Gasteiger partial charge on any atom is -0.382 e. The van der Waals surface area contributed by atoms with E-state index in [1.54, 1.807) is 36.7 Å². The zero-order valence-corrected chi connectivity index (χ0v) is 39.7. The van der Waals surface area contributed by atoms with Gasteiger partial charge >= 0.3 is 0 Å². The number of halogens is 1. The maximum absolute atomic E-state index is 14.8. The van der Waals surface area contributed by atoms with Crippen molar-refractivity contribution in [1.82, 2.24) is 40.3 Å². The van der Waals surface area contributed by atoms with Crippen LogP contribution in [0.25, 0.3) is 10.9 Å². The summed E-state index contributed by atoms with van der Waals surface area (Å²) in [6.45, 7) is 9.06. The number of fused-ring (bicyclic) bond motifs is 2. The summed E-state index contributed by atoms with van der Waals surface area (Å²) < 4.78 is 43.1. The molecule has 5 amide bonds. The normalized spacial score (nSPS) is 17.9. The number of nitrogens with zero attached hydrogens (tertiary/aromatic N) is 6. The SMILES string of the molecule is O=C1CCC(N2C(=O)c3cccc(NCCOCCOCCOCCOCCN4CCN(CCOCC(F)CNC(=O)c5cnc(Nc6ccc7cnccc7n6)cc5NC5CC5)CC4)c3C2=O)C(=O)N1. The summed E-state index contributed by atoms with van der Waals surface area (Å²) >= 11 is 0. The molecular formula is C49H62FN11O10. The third kappa shape index (κ3) is 14.7. The van der Waals surface area contributed by atoms with Crippen LogP contribution in [0.5, 0.6) is 0 Å². The van der Waals surface area contributed by atoms with Gasteiger partial charge in [0.2, 0.25) is 11.8 Å². The number of benzene rings is 1. The number of imide groups is 2. The second kappa shape index (κ2) is 25.7. The quantitative estimate of drug-likeness (QED) is 0.0388. The van der Waals surface area contributed by atoms with E-state index < -0.39 is 41.7 Å². The molecule has 4 aliphatic rings. The maximum Gasteiger partial charge on any atom is 0.264 e. The van der Waals surface area contributed by atoms with Gasteiger partial charge in [0.05, 0.1) is 101 Å². The Morgan fingerprint density at radius 2 is 1.48 bits per heavy atom. The van der Waals surface area contributed by atoms with E-state index in [1.807, 2.05) is 18.2 Å². The fraction of sp³-hybridized carbons (Fsp3) is 0.510. The molecule has 21 nitrogen and oxygen atoms in total. The number of anilines is 4. The first-order chi connectivity index (χ1) is 34.7. The maximum atomic E-state index is 14.8. The number of pyridine rings is 3. The smallest absolute Gasteiger partial charge is 0.264 e. The van der Waals surface area contributed by atoms with Crippen LogP contribution in [0.4, 0.5) is 27.4 Å². The summed E-state index contributed by atoms with van der Waals surface area (Å²) in [6.07, 6.45) is 5.76. The number of nitrogens with one attached hydrogen (secondary N) is 5. The molecule has 3 aromatic heterocycles. The monoisotopic (exact) mass is 983 g/mol. The standard InChI is InChI=1S/C49H62FN11O10/c50-34(30-54-46(63)37-31-53-43(28-40(37)55-35-5-6-35)57-42-8-4-33-29-51-11-10-38(33)56-42)32-71-21-18-60-15-13-59(14-16-60)17-20-68-23-25-70-27-26-69-24-22-67-19-12-52-39-3-1-2-36-45(39)49(66)61(48(36)65)41-7-9-44(62)58-47(41)64/h1-4,8,10-11,28-29,31,34-35,41,52H,5-7,9,12-27,30,32H2,(H,54,63)(H,58,62,64)(H2,53,55,56,57). The highest BCUT2D eigenvalue weighted by Gasteiger charge is 2.45. The third-order valence-corrected chi connectivity index (χ3v) is 12.3. The molecule has 3 fully saturated rings. The number of carbonyl (C=O) groups is 5. The number of hydrogen-bond acceptors (Lipinski definition) is 18. The number of carbonyl (C=O) groups excluding carboxylic acids is 5. The highest BCUT2D eigenvalue weighted by atomic mass is 19.1. The third-order valence-electron chi connectivity index (χ3n) is 12.3. The largest absolute Gasteiger partial charge is 0.382 e. The van der Waals surface area contributed by atoms with Crippen LogP contribution < -0.4 is 26.6 Å². The minimum absolute atomic E-state index is 0.0587. The molecule has 8 rings (SSSR count). The van der Waals surface area contributed by atoms with Crippen LogP contribution in [0.3, 0.4) is 0 Å². The van der Waals surface area contributed by atoms with Gasteiger partial charge in [-0.1, -0.05) is 6.07 Å². The van der Waals surface area contributed by atoms with E-state index in [2.05, 4.69) is 51.3 Å². The van der Waals surface area contributed by atoms with Crippen molar-refractivity contribution in [2.45, 2.75) is 43.9 Å². The van der Waals surface area contributed by atoms with E-state index in [1.165, 1.54) is 6.20 Å². The number of piperidine rings is 1. The van der Waals surface area contributed by atoms with Gasteiger partial charge in [-0.05, 0) is 49.6 Å². The molecule has 5 N–H and O–H groups in total. The lowest BCUT2D eigenvalue weighted by atomic mass is 10.0. The highest BCUT2D eigenvalue weighted by molar-refractivity contribution is 6.25. The lowest BCUT2D eigenvalue weighted by Gasteiger charge is -2.34. The lowest BCUT2D eigenvalue weighted by molar-refractivity contribution is -0.136. The average molecular weight is 984 g/mol. The minimum atomic E-state index is -1.36. The number of aromatic nitrogens is 3. The Morgan fingerprint density at radius 3 is 2.20 bits per heavy atom. The number of rotatable bonds is 29. The summed E-state index contributed by atoms with van der Waals surface area (Å²) in [5.41, 5.74) is 2.66. The van der Waals surface area contributed by atoms with Crippen molar-refractivity contribution < 1.29 is 52.0 Å². The molecule has 0 bridgehead atoms. The number of piperazine rings is 1. The molecule has 1 aliphatic carbocycles. The van der Waals surface area contributed by atoms with E-state index in [9.17, 15) is 28.4 Å². The average Bonchev–Trinajstić information content (AvgIpc) is 4.16. The number of amides is 5. The topological polar surface area (TPSA) is 240 Å². The van der Waals surface area contributed by atoms with Gasteiger partial charge in [0.15, 0.2) is 0 Å². The molecule has 380 valence electrons. The van der Waals surface area contributed by atoms with Crippen LogP contribution in [0.1, 0.15) is 56.8 Å². The fourth-order valence-corrected chi connectivity index (χ4v) is 8.31. The molecule has 1 aromatic carbocycles. The molecule has 0 radical (unpaired) electrons. The molecule has 2 saturated heterocycles. The molecule has 22 heteroatoms. The van der Waals surface area contributed by atoms with Crippen molar-refractivity contribution in [3.8, 4) is 0 Å². The van der Waals surface area contributed by atoms with Gasteiger partial charge in [-0.15, -0.1) is 0 Å². The van der Waals surface area contributed by atoms with Crippen LogP contribution in [-0.2, 0) is 33.3 Å². The lowest BCUT2D eigenvalue weighted by Crippen LogP contribution is -2.54. The molecular weight excluding hydrogens is 922 g/mol. The van der Waals surface area contributed by atoms with Gasteiger partial charge in [0.25, 0.3) is 17.7 Å². The zero-order chi connectivity index (χ0) is 49.4. The molecule has 1 saturated carbocycles. The van der Waals surface area contributed by atoms with E-state index in [4.69, 9.17) is 23.7 Å². The first kappa shape index (κ1) is 51.1. The molecule has 6 heterocycles. The Labute approximate surface area is 410 Å². The van der Waals surface area contributed by atoms with Crippen molar-refractivity contribution in [3.05, 3.63) is 77.7 Å². The molecule has 71 heavy (non-hydrogen) atoms. The fourth-order valence-electron chi connectivity index (χ4n) is 8.31. The van der Waals surface area contributed by atoms with Crippen molar-refractivity contribution in [1.29, 1.82) is 0 Å². The van der Waals surface area contributed by atoms with Crippen LogP contribution in [0, 0.1) is 0 Å². The van der Waals surface area contributed by atoms with Crippen molar-refractivity contribution >= 4 is 63.4 Å². The van der Waals surface area contributed by atoms with Crippen LogP contribution in [-0.4, -0.2) is 196 Å². The molecule has 2 unspecified atom stereocenters. The Balaban J connectivity index is 0.596. The van der Waals surface area contributed by atoms with E-state index >= 15 is 0 Å². The number of alkyl halides is 1. The van der Waals surface area contributed by atoms with Gasteiger partial charge in [-0.25, -0.2) is 14.4 Å². The second-order valence-corrected chi connectivity index (χ2v) is 17.5. The molecule has 2 atom stereocenters. The molecule has 4 aromatic rings. The van der Waals surface area contributed by atoms with E-state index in [0.717, 1.165) is 61.4 Å². The predicted octanol–water partition coefficient (Wildman–Crippen LogP) is 2.62. The summed E-state index contributed by atoms with van der Waals surface area (Å²) in [5.74, 6) is -1.45. The predicted molar refractivity (Wildman–Crippen MR) is 260 cm³/mol. The summed E-state index contributed by atoms with van der Waals surface area (Å²) in [4.78, 5) is 82.1. The summed E-state index contributed by atoms with van der Waals surface area (Å²) in [6, 6.07) is 11.6. The van der Waals surface area contributed by atoms with Gasteiger partial charge in [-0.3, -0.25) is 49.0 Å². The molecule has 0 spiro atoms. The van der Waals surface area contributed by atoms with E-state index in [-0.39, 0.29) is 43.2 Å². The Bertz CT molecular complexity index is 2480. The van der Waals surface area contributed by atoms with Crippen LogP contribution in [0.2, 0.25) is 0 Å². The highest BCUT2D eigenvalue weighted by Crippen LogP contribution is 2.33. The van der Waals surface area contributed by atoms with E-state index in [0.29, 0.717) is 101 Å². The Morgan fingerprint density at radius 1 is 0.775 bits per heavy atom. The van der Waals surface area contributed by atoms with Crippen molar-refractivity contribution in [2.75, 3.05) is 134 Å². The second-order valence-electron chi connectivity index (χ2n) is 17.5. The van der Waals surface area contributed by atoms with Gasteiger partial charge in [0.1, 0.15) is 23.8 Å². The van der Waals surface area contributed by atoms with Crippen LogP contribution >= 0.6 is 0 Å². The number of hydrogen-bond donors (Lipinski definition) is 5. The number of ether oxygens (including phenoxy) is 5. The van der Waals surface area contributed by atoms with Gasteiger partial charge < -0.3 is 45.0 Å². The Kier molecular flexibility index (Phi) is 18.5. The summed E-state index contributed by atoms with van der Waals surface area (Å²) in [5, 5.41) is 15.6. The van der Waals surface area contributed by atoms with Crippen molar-refractivity contribution in [2.24, 2.45) is 0 Å². The Hall–Kier alpha value is -6.27.